The van der Waals surface area contributed by atoms with E-state index in [9.17, 15) is 9.59 Å². The lowest BCUT2D eigenvalue weighted by atomic mass is 9.95. The lowest BCUT2D eigenvalue weighted by molar-refractivity contribution is -0.150. The molecule has 1 unspecified atom stereocenters. The van der Waals surface area contributed by atoms with Gasteiger partial charge in [0.1, 0.15) is 18.0 Å². The highest BCUT2D eigenvalue weighted by Gasteiger charge is 2.33. The highest BCUT2D eigenvalue weighted by molar-refractivity contribution is 5.95. The van der Waals surface area contributed by atoms with Gasteiger partial charge in [0.15, 0.2) is 0 Å². The van der Waals surface area contributed by atoms with E-state index >= 15 is 0 Å². The van der Waals surface area contributed by atoms with Gasteiger partial charge in [0.25, 0.3) is 0 Å². The number of amides is 2. The second-order valence-corrected chi connectivity index (χ2v) is 7.92. The van der Waals surface area contributed by atoms with Gasteiger partial charge in [0.05, 0.1) is 11.6 Å². The number of benzene rings is 2. The Morgan fingerprint density at radius 1 is 1.03 bits per heavy atom. The molecule has 6 heteroatoms. The normalized spacial score (nSPS) is 16.7. The van der Waals surface area contributed by atoms with Crippen LogP contribution in [0.1, 0.15) is 44.9 Å². The Labute approximate surface area is 170 Å². The number of hydrogen-bond acceptors (Lipinski definition) is 4. The van der Waals surface area contributed by atoms with E-state index in [-0.39, 0.29) is 6.03 Å². The molecule has 0 radical (unpaired) electrons. The van der Waals surface area contributed by atoms with Crippen LogP contribution in [0.2, 0.25) is 0 Å². The summed E-state index contributed by atoms with van der Waals surface area (Å²) in [7, 11) is 0. The van der Waals surface area contributed by atoms with Gasteiger partial charge in [-0.05, 0) is 51.0 Å². The summed E-state index contributed by atoms with van der Waals surface area (Å²) >= 11 is 0. The molecule has 152 valence electrons. The highest BCUT2D eigenvalue weighted by atomic mass is 16.6. The number of hydrogen-bond donors (Lipinski definition) is 2. The highest BCUT2D eigenvalue weighted by Crippen LogP contribution is 2.30. The first-order valence-corrected chi connectivity index (χ1v) is 9.51. The molecule has 3 rings (SSSR count). The first kappa shape index (κ1) is 20.5. The van der Waals surface area contributed by atoms with E-state index < -0.39 is 17.6 Å². The topological polar surface area (TPSA) is 76.7 Å². The van der Waals surface area contributed by atoms with E-state index in [1.54, 1.807) is 6.92 Å². The molecule has 2 aromatic rings. The predicted molar refractivity (Wildman–Crippen MR) is 110 cm³/mol. The number of nitrogens with one attached hydrogen (secondary N) is 2. The van der Waals surface area contributed by atoms with E-state index in [1.807, 2.05) is 75.4 Å². The van der Waals surface area contributed by atoms with Gasteiger partial charge in [-0.25, -0.2) is 9.59 Å². The third kappa shape index (κ3) is 5.38. The van der Waals surface area contributed by atoms with Gasteiger partial charge in [-0.1, -0.05) is 42.5 Å². The Bertz CT molecular complexity index is 912. The molecule has 2 amide bonds. The van der Waals surface area contributed by atoms with Crippen LogP contribution in [0.25, 0.3) is 0 Å². The Kier molecular flexibility index (Phi) is 5.92. The van der Waals surface area contributed by atoms with Crippen molar-refractivity contribution in [3.8, 4) is 5.75 Å². The SMILES string of the molecule is CC1=C(C(=O)OC(C)(C)C)C(c2ccc(OCc3ccccc3)cc2)NC(=O)N1. The van der Waals surface area contributed by atoms with Crippen LogP contribution in [0, 0.1) is 0 Å². The van der Waals surface area contributed by atoms with Crippen molar-refractivity contribution < 1.29 is 19.1 Å². The largest absolute Gasteiger partial charge is 0.489 e. The van der Waals surface area contributed by atoms with Crippen LogP contribution in [0.4, 0.5) is 4.79 Å². The first-order chi connectivity index (χ1) is 13.7. The maximum atomic E-state index is 12.7. The molecule has 2 aromatic carbocycles. The maximum Gasteiger partial charge on any atom is 0.338 e. The molecule has 29 heavy (non-hydrogen) atoms. The lowest BCUT2D eigenvalue weighted by Gasteiger charge is -2.30. The van der Waals surface area contributed by atoms with E-state index in [0.29, 0.717) is 23.6 Å². The van der Waals surface area contributed by atoms with Gasteiger partial charge >= 0.3 is 12.0 Å². The standard InChI is InChI=1S/C23H26N2O4/c1-15-19(21(26)29-23(2,3)4)20(25-22(27)24-15)17-10-12-18(13-11-17)28-14-16-8-6-5-7-9-16/h5-13,20H,14H2,1-4H3,(H2,24,25,27). The summed E-state index contributed by atoms with van der Waals surface area (Å²) in [6.45, 7) is 7.59. The number of carbonyl (C=O) groups excluding carboxylic acids is 2. The number of esters is 1. The number of rotatable bonds is 5. The van der Waals surface area contributed by atoms with Crippen molar-refractivity contribution in [2.45, 2.75) is 45.9 Å². The maximum absolute atomic E-state index is 12.7. The van der Waals surface area contributed by atoms with E-state index in [4.69, 9.17) is 9.47 Å². The van der Waals surface area contributed by atoms with E-state index in [2.05, 4.69) is 10.6 Å². The second-order valence-electron chi connectivity index (χ2n) is 7.92. The van der Waals surface area contributed by atoms with Gasteiger partial charge in [0.2, 0.25) is 0 Å². The molecule has 1 heterocycles. The molecule has 1 aliphatic heterocycles. The predicted octanol–water partition coefficient (Wildman–Crippen LogP) is 4.24. The second kappa shape index (κ2) is 8.39. The van der Waals surface area contributed by atoms with Gasteiger partial charge in [-0.2, -0.15) is 0 Å². The lowest BCUT2D eigenvalue weighted by Crippen LogP contribution is -2.46. The quantitative estimate of drug-likeness (QED) is 0.744. The van der Waals surface area contributed by atoms with Crippen molar-refractivity contribution in [1.29, 1.82) is 0 Å². The molecular formula is C23H26N2O4. The summed E-state index contributed by atoms with van der Waals surface area (Å²) in [6.07, 6.45) is 0. The minimum Gasteiger partial charge on any atom is -0.489 e. The zero-order chi connectivity index (χ0) is 21.0. The van der Waals surface area contributed by atoms with Crippen molar-refractivity contribution in [2.75, 3.05) is 0 Å². The molecule has 0 fully saturated rings. The van der Waals surface area contributed by atoms with Crippen molar-refractivity contribution in [2.24, 2.45) is 0 Å². The molecule has 6 nitrogen and oxygen atoms in total. The van der Waals surface area contributed by atoms with Crippen LogP contribution >= 0.6 is 0 Å². The molecule has 0 saturated heterocycles. The van der Waals surface area contributed by atoms with Crippen molar-refractivity contribution in [3.05, 3.63) is 77.0 Å². The molecule has 0 saturated carbocycles. The van der Waals surface area contributed by atoms with Gasteiger partial charge in [0, 0.05) is 5.70 Å². The zero-order valence-corrected chi connectivity index (χ0v) is 17.1. The molecule has 0 bridgehead atoms. The molecule has 0 spiro atoms. The first-order valence-electron chi connectivity index (χ1n) is 9.51. The summed E-state index contributed by atoms with van der Waals surface area (Å²) in [5, 5.41) is 5.46. The van der Waals surface area contributed by atoms with Crippen LogP contribution in [0.3, 0.4) is 0 Å². The van der Waals surface area contributed by atoms with Gasteiger partial charge in [-0.3, -0.25) is 0 Å². The number of urea groups is 1. The summed E-state index contributed by atoms with van der Waals surface area (Å²) in [6, 6.07) is 16.3. The molecule has 1 atom stereocenters. The third-order valence-electron chi connectivity index (χ3n) is 4.35. The van der Waals surface area contributed by atoms with Gasteiger partial charge in [-0.15, -0.1) is 0 Å². The summed E-state index contributed by atoms with van der Waals surface area (Å²) < 4.78 is 11.3. The minimum absolute atomic E-state index is 0.357. The molecule has 0 aromatic heterocycles. The third-order valence-corrected chi connectivity index (χ3v) is 4.35. The van der Waals surface area contributed by atoms with Crippen LogP contribution < -0.4 is 15.4 Å². The Morgan fingerprint density at radius 3 is 2.31 bits per heavy atom. The summed E-state index contributed by atoms with van der Waals surface area (Å²) in [5.74, 6) is 0.245. The fraction of sp³-hybridized carbons (Fsp3) is 0.304. The van der Waals surface area contributed by atoms with E-state index in [0.717, 1.165) is 11.1 Å². The zero-order valence-electron chi connectivity index (χ0n) is 17.1. The van der Waals surface area contributed by atoms with Crippen molar-refractivity contribution >= 4 is 12.0 Å². The van der Waals surface area contributed by atoms with Crippen LogP contribution in [0.5, 0.6) is 5.75 Å². The van der Waals surface area contributed by atoms with Gasteiger partial charge < -0.3 is 20.1 Å². The van der Waals surface area contributed by atoms with Crippen molar-refractivity contribution in [1.82, 2.24) is 10.6 Å². The average molecular weight is 394 g/mol. The fourth-order valence-electron chi connectivity index (χ4n) is 3.04. The van der Waals surface area contributed by atoms with Crippen LogP contribution in [-0.4, -0.2) is 17.6 Å². The number of carbonyl (C=O) groups is 2. The molecule has 2 N–H and O–H groups in total. The number of ether oxygens (including phenoxy) is 2. The average Bonchev–Trinajstić information content (AvgIpc) is 2.65. The van der Waals surface area contributed by atoms with Crippen molar-refractivity contribution in [3.63, 3.8) is 0 Å². The fourth-order valence-corrected chi connectivity index (χ4v) is 3.04. The minimum atomic E-state index is -0.633. The Balaban J connectivity index is 1.78. The monoisotopic (exact) mass is 394 g/mol. The smallest absolute Gasteiger partial charge is 0.338 e. The Hall–Kier alpha value is -3.28. The molecule has 0 aliphatic carbocycles. The summed E-state index contributed by atoms with van der Waals surface area (Å²) in [5.41, 5.74) is 2.08. The molecule has 1 aliphatic rings. The summed E-state index contributed by atoms with van der Waals surface area (Å²) in [4.78, 5) is 24.7. The van der Waals surface area contributed by atoms with Crippen LogP contribution in [-0.2, 0) is 16.1 Å². The number of allylic oxidation sites excluding steroid dienone is 1. The van der Waals surface area contributed by atoms with E-state index in [1.165, 1.54) is 0 Å². The molecular weight excluding hydrogens is 368 g/mol. The Morgan fingerprint density at radius 2 is 1.69 bits per heavy atom. The van der Waals surface area contributed by atoms with Crippen LogP contribution in [0.15, 0.2) is 65.9 Å².